The summed E-state index contributed by atoms with van der Waals surface area (Å²) >= 11 is 0. The zero-order chi connectivity index (χ0) is 21.4. The molecular formula is C24H25NO4S. The lowest BCUT2D eigenvalue weighted by molar-refractivity contribution is -0.120. The molecule has 0 aromatic heterocycles. The maximum absolute atomic E-state index is 12.3. The van der Waals surface area contributed by atoms with E-state index in [9.17, 15) is 13.2 Å². The van der Waals surface area contributed by atoms with Crippen molar-refractivity contribution in [1.82, 2.24) is 5.32 Å². The minimum atomic E-state index is -3.47. The number of benzene rings is 3. The van der Waals surface area contributed by atoms with Crippen molar-refractivity contribution < 1.29 is 17.9 Å². The first-order chi connectivity index (χ1) is 14.5. The van der Waals surface area contributed by atoms with Crippen LogP contribution in [0.4, 0.5) is 0 Å². The number of sulfone groups is 1. The van der Waals surface area contributed by atoms with E-state index in [1.807, 2.05) is 61.5 Å². The molecule has 1 amide bonds. The molecule has 0 unspecified atom stereocenters. The van der Waals surface area contributed by atoms with Gasteiger partial charge in [0, 0.05) is 12.0 Å². The predicted octanol–water partition coefficient (Wildman–Crippen LogP) is 4.02. The Kier molecular flexibility index (Phi) is 7.25. The Hall–Kier alpha value is -3.12. The molecule has 5 nitrogen and oxygen atoms in total. The van der Waals surface area contributed by atoms with E-state index < -0.39 is 9.84 Å². The average molecular weight is 424 g/mol. The van der Waals surface area contributed by atoms with Crippen molar-refractivity contribution in [2.75, 3.05) is 18.9 Å². The summed E-state index contributed by atoms with van der Waals surface area (Å²) in [6.45, 7) is 2.48. The summed E-state index contributed by atoms with van der Waals surface area (Å²) in [6.07, 6.45) is -0.0865. The summed E-state index contributed by atoms with van der Waals surface area (Å²) < 4.78 is 30.5. The lowest BCUT2D eigenvalue weighted by Gasteiger charge is -2.12. The molecule has 6 heteroatoms. The fourth-order valence-corrected chi connectivity index (χ4v) is 4.22. The Balaban J connectivity index is 1.46. The van der Waals surface area contributed by atoms with Crippen LogP contribution in [0.3, 0.4) is 0 Å². The van der Waals surface area contributed by atoms with Gasteiger partial charge in [0.05, 0.1) is 17.2 Å². The molecule has 3 rings (SSSR count). The molecule has 0 saturated heterocycles. The van der Waals surface area contributed by atoms with Crippen LogP contribution >= 0.6 is 0 Å². The molecule has 0 aliphatic heterocycles. The van der Waals surface area contributed by atoms with Gasteiger partial charge in [-0.1, -0.05) is 66.2 Å². The number of nitrogens with one attached hydrogen (secondary N) is 1. The summed E-state index contributed by atoms with van der Waals surface area (Å²) in [4.78, 5) is 12.3. The average Bonchev–Trinajstić information content (AvgIpc) is 2.76. The van der Waals surface area contributed by atoms with Crippen molar-refractivity contribution in [2.45, 2.75) is 18.2 Å². The van der Waals surface area contributed by atoms with Gasteiger partial charge in [-0.3, -0.25) is 4.79 Å². The highest BCUT2D eigenvalue weighted by molar-refractivity contribution is 7.91. The molecule has 3 aromatic carbocycles. The molecule has 3 aromatic rings. The van der Waals surface area contributed by atoms with E-state index in [1.54, 1.807) is 24.3 Å². The number of amides is 1. The van der Waals surface area contributed by atoms with Crippen molar-refractivity contribution in [3.05, 3.63) is 84.4 Å². The van der Waals surface area contributed by atoms with Gasteiger partial charge < -0.3 is 10.1 Å². The molecule has 0 saturated carbocycles. The smallest absolute Gasteiger partial charge is 0.221 e. The van der Waals surface area contributed by atoms with Gasteiger partial charge in [-0.15, -0.1) is 0 Å². The second kappa shape index (κ2) is 10.1. The first-order valence-electron chi connectivity index (χ1n) is 9.79. The van der Waals surface area contributed by atoms with Crippen molar-refractivity contribution in [2.24, 2.45) is 0 Å². The minimum absolute atomic E-state index is 0.0865. The second-order valence-corrected chi connectivity index (χ2v) is 9.05. The number of hydrogen-bond donors (Lipinski definition) is 1. The fourth-order valence-electron chi connectivity index (χ4n) is 2.98. The summed E-state index contributed by atoms with van der Waals surface area (Å²) in [5, 5.41) is 2.72. The van der Waals surface area contributed by atoms with Crippen LogP contribution in [0.15, 0.2) is 83.8 Å². The number of ether oxygens (including phenoxy) is 1. The number of hydrogen-bond acceptors (Lipinski definition) is 4. The quantitative estimate of drug-likeness (QED) is 0.528. The van der Waals surface area contributed by atoms with Crippen LogP contribution in [0.25, 0.3) is 11.1 Å². The molecule has 0 bridgehead atoms. The Morgan fingerprint density at radius 2 is 1.57 bits per heavy atom. The molecule has 0 aliphatic carbocycles. The lowest BCUT2D eigenvalue weighted by Crippen LogP contribution is -2.29. The standard InChI is InChI=1S/C24H25NO4S/c1-19-11-13-21(14-12-19)30(27,28)18-15-24(26)25-16-17-29-23-10-6-5-9-22(23)20-7-3-2-4-8-20/h2-14H,15-18H2,1H3,(H,25,26). The summed E-state index contributed by atoms with van der Waals surface area (Å²) in [7, 11) is -3.47. The van der Waals surface area contributed by atoms with Crippen molar-refractivity contribution in [3.63, 3.8) is 0 Å². The maximum Gasteiger partial charge on any atom is 0.221 e. The van der Waals surface area contributed by atoms with Crippen LogP contribution in [0.2, 0.25) is 0 Å². The number of rotatable bonds is 9. The third-order valence-electron chi connectivity index (χ3n) is 4.63. The van der Waals surface area contributed by atoms with E-state index in [0.717, 1.165) is 22.4 Å². The largest absolute Gasteiger partial charge is 0.491 e. The predicted molar refractivity (Wildman–Crippen MR) is 118 cm³/mol. The Bertz CT molecular complexity index is 1080. The highest BCUT2D eigenvalue weighted by Gasteiger charge is 2.16. The van der Waals surface area contributed by atoms with Crippen molar-refractivity contribution >= 4 is 15.7 Å². The molecule has 0 fully saturated rings. The summed E-state index contributed by atoms with van der Waals surface area (Å²) in [5.41, 5.74) is 3.02. The third kappa shape index (κ3) is 5.94. The van der Waals surface area contributed by atoms with E-state index in [1.165, 1.54) is 0 Å². The Labute approximate surface area is 177 Å². The number of para-hydroxylation sites is 1. The summed E-state index contributed by atoms with van der Waals surface area (Å²) in [5.74, 6) is 0.199. The molecular weight excluding hydrogens is 398 g/mol. The molecule has 30 heavy (non-hydrogen) atoms. The minimum Gasteiger partial charge on any atom is -0.491 e. The van der Waals surface area contributed by atoms with Gasteiger partial charge in [0.1, 0.15) is 12.4 Å². The van der Waals surface area contributed by atoms with Crippen molar-refractivity contribution in [3.8, 4) is 16.9 Å². The van der Waals surface area contributed by atoms with Crippen LogP contribution in [-0.2, 0) is 14.6 Å². The second-order valence-electron chi connectivity index (χ2n) is 6.94. The van der Waals surface area contributed by atoms with Gasteiger partial charge in [0.15, 0.2) is 9.84 Å². The first kappa shape index (κ1) is 21.6. The van der Waals surface area contributed by atoms with Gasteiger partial charge >= 0.3 is 0 Å². The Morgan fingerprint density at radius 1 is 0.900 bits per heavy atom. The van der Waals surface area contributed by atoms with Gasteiger partial charge in [-0.05, 0) is 30.7 Å². The van der Waals surface area contributed by atoms with Gasteiger partial charge in [0.25, 0.3) is 0 Å². The molecule has 156 valence electrons. The number of aryl methyl sites for hydroxylation is 1. The van der Waals surface area contributed by atoms with E-state index in [0.29, 0.717) is 13.2 Å². The molecule has 0 atom stereocenters. The number of carbonyl (C=O) groups excluding carboxylic acids is 1. The van der Waals surface area contributed by atoms with Gasteiger partial charge in [-0.2, -0.15) is 0 Å². The molecule has 0 heterocycles. The molecule has 0 radical (unpaired) electrons. The first-order valence-corrected chi connectivity index (χ1v) is 11.4. The lowest BCUT2D eigenvalue weighted by atomic mass is 10.1. The van der Waals surface area contributed by atoms with E-state index in [-0.39, 0.29) is 23.0 Å². The highest BCUT2D eigenvalue weighted by Crippen LogP contribution is 2.29. The maximum atomic E-state index is 12.3. The summed E-state index contributed by atoms with van der Waals surface area (Å²) in [6, 6.07) is 24.3. The van der Waals surface area contributed by atoms with Crippen LogP contribution in [0.5, 0.6) is 5.75 Å². The molecule has 0 aliphatic rings. The van der Waals surface area contributed by atoms with Crippen molar-refractivity contribution in [1.29, 1.82) is 0 Å². The van der Waals surface area contributed by atoms with E-state index in [2.05, 4.69) is 5.32 Å². The number of carbonyl (C=O) groups is 1. The van der Waals surface area contributed by atoms with Gasteiger partial charge in [0.2, 0.25) is 5.91 Å². The molecule has 0 spiro atoms. The topological polar surface area (TPSA) is 72.5 Å². The normalized spacial score (nSPS) is 11.1. The van der Waals surface area contributed by atoms with Crippen LogP contribution in [-0.4, -0.2) is 33.2 Å². The zero-order valence-corrected chi connectivity index (χ0v) is 17.7. The SMILES string of the molecule is Cc1ccc(S(=O)(=O)CCC(=O)NCCOc2ccccc2-c2ccccc2)cc1. The molecule has 1 N–H and O–H groups in total. The van der Waals surface area contributed by atoms with Crippen LogP contribution in [0.1, 0.15) is 12.0 Å². The van der Waals surface area contributed by atoms with Gasteiger partial charge in [-0.25, -0.2) is 8.42 Å². The highest BCUT2D eigenvalue weighted by atomic mass is 32.2. The fraction of sp³-hybridized carbons (Fsp3) is 0.208. The van der Waals surface area contributed by atoms with Crippen LogP contribution in [0, 0.1) is 6.92 Å². The zero-order valence-electron chi connectivity index (χ0n) is 16.9. The van der Waals surface area contributed by atoms with Crippen LogP contribution < -0.4 is 10.1 Å². The van der Waals surface area contributed by atoms with E-state index >= 15 is 0 Å². The monoisotopic (exact) mass is 423 g/mol. The Morgan fingerprint density at radius 3 is 2.30 bits per heavy atom. The third-order valence-corrected chi connectivity index (χ3v) is 6.36. The van der Waals surface area contributed by atoms with E-state index in [4.69, 9.17) is 4.74 Å².